The van der Waals surface area contributed by atoms with Crippen molar-refractivity contribution in [1.29, 1.82) is 0 Å². The number of hydrogen-bond donors (Lipinski definition) is 0. The van der Waals surface area contributed by atoms with Crippen LogP contribution in [0.25, 0.3) is 0 Å². The summed E-state index contributed by atoms with van der Waals surface area (Å²) in [6.45, 7) is 0. The molecule has 1 saturated carbocycles. The molecule has 38 valence electrons. The standard InChI is InChI=1S/C6H10N/c1-7(4-5-7)6-2-3-6/h4-6H,2-3H2,1H3/q+1. The molecule has 1 heterocycles. The zero-order valence-electron chi connectivity index (χ0n) is 4.59. The zero-order valence-corrected chi connectivity index (χ0v) is 4.59. The summed E-state index contributed by atoms with van der Waals surface area (Å²) in [5.74, 6) is 0. The summed E-state index contributed by atoms with van der Waals surface area (Å²) in [7, 11) is 2.26. The lowest BCUT2D eigenvalue weighted by molar-refractivity contribution is -0.757. The third-order valence-electron chi connectivity index (χ3n) is 1.95. The largest absolute Gasteiger partial charge is 0.262 e. The van der Waals surface area contributed by atoms with Crippen LogP contribution in [0.15, 0.2) is 12.4 Å². The van der Waals surface area contributed by atoms with Gasteiger partial charge in [-0.05, 0) is 0 Å². The molecule has 0 spiro atoms. The van der Waals surface area contributed by atoms with Gasteiger partial charge in [-0.1, -0.05) is 0 Å². The fraction of sp³-hybridized carbons (Fsp3) is 0.667. The molecule has 0 aromatic heterocycles. The number of hydrogen-bond acceptors (Lipinski definition) is 0. The van der Waals surface area contributed by atoms with Gasteiger partial charge in [0, 0.05) is 12.8 Å². The number of nitrogens with zero attached hydrogens (tertiary/aromatic N) is 1. The van der Waals surface area contributed by atoms with Crippen LogP contribution in [0.1, 0.15) is 12.8 Å². The van der Waals surface area contributed by atoms with Crippen LogP contribution >= 0.6 is 0 Å². The Balaban J connectivity index is 2.06. The van der Waals surface area contributed by atoms with Gasteiger partial charge < -0.3 is 0 Å². The van der Waals surface area contributed by atoms with E-state index in [9.17, 15) is 0 Å². The summed E-state index contributed by atoms with van der Waals surface area (Å²) >= 11 is 0. The maximum absolute atomic E-state index is 2.26. The third kappa shape index (κ3) is 0.416. The van der Waals surface area contributed by atoms with Gasteiger partial charge in [-0.3, -0.25) is 4.48 Å². The van der Waals surface area contributed by atoms with E-state index >= 15 is 0 Å². The van der Waals surface area contributed by atoms with Gasteiger partial charge in [0.25, 0.3) is 0 Å². The van der Waals surface area contributed by atoms with Crippen LogP contribution < -0.4 is 0 Å². The summed E-state index contributed by atoms with van der Waals surface area (Å²) in [6.07, 6.45) is 7.42. The molecule has 1 nitrogen and oxygen atoms in total. The molecule has 7 heavy (non-hydrogen) atoms. The van der Waals surface area contributed by atoms with Gasteiger partial charge in [0.1, 0.15) is 0 Å². The highest BCUT2D eigenvalue weighted by molar-refractivity contribution is 4.92. The van der Waals surface area contributed by atoms with E-state index in [0.717, 1.165) is 6.04 Å². The smallest absolute Gasteiger partial charge is 0.155 e. The van der Waals surface area contributed by atoms with Crippen LogP contribution in [0.2, 0.25) is 0 Å². The lowest BCUT2D eigenvalue weighted by atomic mass is 10.6. The molecule has 1 aliphatic carbocycles. The van der Waals surface area contributed by atoms with Gasteiger partial charge in [-0.25, -0.2) is 0 Å². The Morgan fingerprint density at radius 3 is 2.14 bits per heavy atom. The first-order chi connectivity index (χ1) is 3.31. The Morgan fingerprint density at radius 2 is 2.00 bits per heavy atom. The first kappa shape index (κ1) is 3.67. The molecule has 1 aliphatic heterocycles. The Hall–Kier alpha value is -0.300. The fourth-order valence-corrected chi connectivity index (χ4v) is 0.979. The molecule has 0 aromatic carbocycles. The second kappa shape index (κ2) is 0.781. The maximum Gasteiger partial charge on any atom is 0.155 e. The van der Waals surface area contributed by atoms with Crippen LogP contribution in [0.5, 0.6) is 0 Å². The van der Waals surface area contributed by atoms with Crippen LogP contribution in [-0.2, 0) is 0 Å². The molecule has 0 saturated heterocycles. The van der Waals surface area contributed by atoms with Crippen molar-refractivity contribution in [2.75, 3.05) is 7.05 Å². The Morgan fingerprint density at radius 1 is 1.43 bits per heavy atom. The van der Waals surface area contributed by atoms with E-state index in [1.165, 1.54) is 17.3 Å². The molecule has 2 aliphatic rings. The maximum atomic E-state index is 2.26. The minimum Gasteiger partial charge on any atom is -0.262 e. The van der Waals surface area contributed by atoms with E-state index in [-0.39, 0.29) is 0 Å². The Bertz CT molecular complexity index is 116. The quantitative estimate of drug-likeness (QED) is 0.428. The van der Waals surface area contributed by atoms with Gasteiger partial charge in [-0.2, -0.15) is 0 Å². The van der Waals surface area contributed by atoms with Crippen LogP contribution in [0.3, 0.4) is 0 Å². The molecular weight excluding hydrogens is 86.1 g/mol. The first-order valence-corrected chi connectivity index (χ1v) is 2.87. The van der Waals surface area contributed by atoms with E-state index in [0.29, 0.717) is 0 Å². The SMILES string of the molecule is C[N+]1(C2CC2)C=C1. The van der Waals surface area contributed by atoms with Crippen molar-refractivity contribution in [3.63, 3.8) is 0 Å². The van der Waals surface area contributed by atoms with Crippen LogP contribution in [0.4, 0.5) is 0 Å². The zero-order chi connectivity index (χ0) is 4.91. The van der Waals surface area contributed by atoms with Gasteiger partial charge >= 0.3 is 0 Å². The van der Waals surface area contributed by atoms with Crippen molar-refractivity contribution < 1.29 is 4.48 Å². The normalized spacial score (nSPS) is 33.3. The van der Waals surface area contributed by atoms with Crippen molar-refractivity contribution in [1.82, 2.24) is 0 Å². The monoisotopic (exact) mass is 96.1 g/mol. The van der Waals surface area contributed by atoms with Gasteiger partial charge in [0.2, 0.25) is 0 Å². The highest BCUT2D eigenvalue weighted by atomic mass is 15.4. The molecule has 0 radical (unpaired) electrons. The van der Waals surface area contributed by atoms with Crippen LogP contribution in [0, 0.1) is 0 Å². The summed E-state index contributed by atoms with van der Waals surface area (Å²) in [6, 6.07) is 0.986. The fourth-order valence-electron chi connectivity index (χ4n) is 0.979. The summed E-state index contributed by atoms with van der Waals surface area (Å²) in [5, 5.41) is 0. The molecule has 2 rings (SSSR count). The molecule has 0 amide bonds. The Labute approximate surface area is 43.8 Å². The highest BCUT2D eigenvalue weighted by Gasteiger charge is 2.45. The highest BCUT2D eigenvalue weighted by Crippen LogP contribution is 2.39. The van der Waals surface area contributed by atoms with E-state index in [4.69, 9.17) is 0 Å². The van der Waals surface area contributed by atoms with Crippen molar-refractivity contribution >= 4 is 0 Å². The first-order valence-electron chi connectivity index (χ1n) is 2.87. The van der Waals surface area contributed by atoms with Gasteiger partial charge in [0.05, 0.1) is 13.1 Å². The molecule has 0 aromatic rings. The van der Waals surface area contributed by atoms with Crippen molar-refractivity contribution in [3.05, 3.63) is 12.4 Å². The van der Waals surface area contributed by atoms with Crippen molar-refractivity contribution in [3.8, 4) is 0 Å². The molecule has 1 fully saturated rings. The van der Waals surface area contributed by atoms with Crippen molar-refractivity contribution in [2.45, 2.75) is 18.9 Å². The lowest BCUT2D eigenvalue weighted by Gasteiger charge is -2.07. The van der Waals surface area contributed by atoms with Crippen molar-refractivity contribution in [2.24, 2.45) is 0 Å². The van der Waals surface area contributed by atoms with Crippen LogP contribution in [-0.4, -0.2) is 17.6 Å². The average molecular weight is 96.2 g/mol. The molecule has 0 atom stereocenters. The predicted molar refractivity (Wildman–Crippen MR) is 28.3 cm³/mol. The number of rotatable bonds is 1. The lowest BCUT2D eigenvalue weighted by Crippen LogP contribution is -2.20. The second-order valence-corrected chi connectivity index (χ2v) is 2.75. The van der Waals surface area contributed by atoms with E-state index in [1.54, 1.807) is 0 Å². The van der Waals surface area contributed by atoms with Gasteiger partial charge in [-0.15, -0.1) is 0 Å². The molecule has 0 bridgehead atoms. The second-order valence-electron chi connectivity index (χ2n) is 2.75. The predicted octanol–water partition coefficient (Wildman–Crippen LogP) is 1.08. The number of quaternary nitrogens is 1. The van der Waals surface area contributed by atoms with Gasteiger partial charge in [0.15, 0.2) is 12.4 Å². The van der Waals surface area contributed by atoms with E-state index < -0.39 is 0 Å². The molecular formula is C6H10N+. The molecule has 0 N–H and O–H groups in total. The summed E-state index contributed by atoms with van der Waals surface area (Å²) < 4.78 is 1.17. The topological polar surface area (TPSA) is 0 Å². The average Bonchev–Trinajstić information content (AvgIpc) is 2.14. The summed E-state index contributed by atoms with van der Waals surface area (Å²) in [5.41, 5.74) is 0. The molecule has 0 unspecified atom stereocenters. The van der Waals surface area contributed by atoms with E-state index in [2.05, 4.69) is 19.4 Å². The minimum absolute atomic E-state index is 0.986. The third-order valence-corrected chi connectivity index (χ3v) is 1.95. The van der Waals surface area contributed by atoms with E-state index in [1.807, 2.05) is 0 Å². The Kier molecular flexibility index (Phi) is 0.409. The minimum atomic E-state index is 0.986. The summed E-state index contributed by atoms with van der Waals surface area (Å²) in [4.78, 5) is 0. The molecule has 1 heteroatoms.